The number of rotatable bonds is 7. The normalized spacial score (nSPS) is 19.0. The number of hydrogen-bond acceptors (Lipinski definition) is 6. The van der Waals surface area contributed by atoms with Crippen LogP contribution < -0.4 is 4.74 Å². The highest BCUT2D eigenvalue weighted by molar-refractivity contribution is 5.98. The van der Waals surface area contributed by atoms with Crippen molar-refractivity contribution in [2.45, 2.75) is 32.5 Å². The van der Waals surface area contributed by atoms with Crippen LogP contribution in [0.15, 0.2) is 61.1 Å². The average molecular weight is 479 g/mol. The highest BCUT2D eigenvalue weighted by atomic mass is 19.1. The van der Waals surface area contributed by atoms with E-state index < -0.39 is 0 Å². The monoisotopic (exact) mass is 478 g/mol. The van der Waals surface area contributed by atoms with Crippen molar-refractivity contribution in [3.8, 4) is 17.0 Å². The lowest BCUT2D eigenvalue weighted by Crippen LogP contribution is -2.49. The number of hydrogen-bond donors (Lipinski definition) is 1. The van der Waals surface area contributed by atoms with E-state index in [1.54, 1.807) is 35.5 Å². The van der Waals surface area contributed by atoms with Gasteiger partial charge < -0.3 is 14.7 Å². The van der Waals surface area contributed by atoms with Crippen LogP contribution in [0.2, 0.25) is 0 Å². The Bertz CT molecular complexity index is 1160. The Morgan fingerprint density at radius 1 is 1.23 bits per heavy atom. The molecule has 1 aliphatic heterocycles. The van der Waals surface area contributed by atoms with Gasteiger partial charge in [0.1, 0.15) is 17.5 Å². The molecule has 0 radical (unpaired) electrons. The molecule has 4 rings (SSSR count). The van der Waals surface area contributed by atoms with Gasteiger partial charge in [-0.3, -0.25) is 14.7 Å². The first-order valence-corrected chi connectivity index (χ1v) is 11.8. The van der Waals surface area contributed by atoms with Crippen molar-refractivity contribution in [2.75, 3.05) is 26.7 Å². The fraction of sp³-hybridized carbons (Fsp3) is 0.370. The molecule has 184 valence electrons. The van der Waals surface area contributed by atoms with Crippen LogP contribution >= 0.6 is 0 Å². The van der Waals surface area contributed by atoms with Gasteiger partial charge in [-0.25, -0.2) is 9.37 Å². The number of benzene rings is 1. The Hall–Kier alpha value is -3.36. The fourth-order valence-corrected chi connectivity index (χ4v) is 4.32. The van der Waals surface area contributed by atoms with Crippen molar-refractivity contribution in [3.05, 3.63) is 78.0 Å². The van der Waals surface area contributed by atoms with E-state index >= 15 is 0 Å². The van der Waals surface area contributed by atoms with Crippen LogP contribution in [0.1, 0.15) is 29.8 Å². The van der Waals surface area contributed by atoms with Gasteiger partial charge in [0, 0.05) is 49.7 Å². The Morgan fingerprint density at radius 3 is 2.77 bits per heavy atom. The zero-order valence-corrected chi connectivity index (χ0v) is 20.3. The molecule has 0 saturated heterocycles. The van der Waals surface area contributed by atoms with Crippen molar-refractivity contribution in [3.63, 3.8) is 0 Å². The number of aromatic nitrogens is 2. The molecule has 0 saturated carbocycles. The summed E-state index contributed by atoms with van der Waals surface area (Å²) in [4.78, 5) is 26.1. The Kier molecular flexibility index (Phi) is 7.73. The zero-order valence-electron chi connectivity index (χ0n) is 20.3. The van der Waals surface area contributed by atoms with E-state index in [1.807, 2.05) is 39.2 Å². The smallest absolute Gasteiger partial charge is 0.259 e. The molecular weight excluding hydrogens is 447 g/mol. The second kappa shape index (κ2) is 10.9. The number of fused-ring (bicyclic) bond motifs is 1. The number of amides is 1. The van der Waals surface area contributed by atoms with Crippen LogP contribution in [-0.2, 0) is 6.54 Å². The quantitative estimate of drug-likeness (QED) is 0.559. The lowest BCUT2D eigenvalue weighted by molar-refractivity contribution is 0.0325. The first kappa shape index (κ1) is 24.8. The molecule has 0 unspecified atom stereocenters. The van der Waals surface area contributed by atoms with Crippen LogP contribution in [0, 0.1) is 11.7 Å². The number of aliphatic hydroxyl groups excluding tert-OH is 1. The maximum atomic E-state index is 13.8. The highest BCUT2D eigenvalue weighted by Crippen LogP contribution is 2.30. The molecule has 35 heavy (non-hydrogen) atoms. The molecule has 3 aromatic rings. The molecule has 2 aromatic heterocycles. The minimum absolute atomic E-state index is 0.0119. The number of carbonyl (C=O) groups is 1. The average Bonchev–Trinajstić information content (AvgIpc) is 2.86. The second-order valence-electron chi connectivity index (χ2n) is 9.27. The van der Waals surface area contributed by atoms with Gasteiger partial charge in [-0.05, 0) is 49.4 Å². The predicted molar refractivity (Wildman–Crippen MR) is 131 cm³/mol. The van der Waals surface area contributed by atoms with E-state index in [1.165, 1.54) is 12.1 Å². The topological polar surface area (TPSA) is 78.8 Å². The largest absolute Gasteiger partial charge is 0.472 e. The van der Waals surface area contributed by atoms with E-state index in [4.69, 9.17) is 4.74 Å². The molecule has 0 spiro atoms. The summed E-state index contributed by atoms with van der Waals surface area (Å²) in [5, 5.41) is 9.84. The van der Waals surface area contributed by atoms with Crippen LogP contribution in [0.4, 0.5) is 4.39 Å². The summed E-state index contributed by atoms with van der Waals surface area (Å²) in [6, 6.07) is 11.4. The summed E-state index contributed by atoms with van der Waals surface area (Å²) in [5.41, 5.74) is 2.64. The molecule has 0 aliphatic carbocycles. The maximum absolute atomic E-state index is 13.8. The molecule has 8 heteroatoms. The summed E-state index contributed by atoms with van der Waals surface area (Å²) < 4.78 is 20.2. The Balaban J connectivity index is 1.66. The third-order valence-electron chi connectivity index (χ3n) is 6.35. The van der Waals surface area contributed by atoms with Gasteiger partial charge in [-0.15, -0.1) is 0 Å². The number of carbonyl (C=O) groups excluding carboxylic acids is 1. The second-order valence-corrected chi connectivity index (χ2v) is 9.27. The van der Waals surface area contributed by atoms with Gasteiger partial charge in [0.15, 0.2) is 0 Å². The van der Waals surface area contributed by atoms with Gasteiger partial charge in [0.05, 0.1) is 12.6 Å². The minimum Gasteiger partial charge on any atom is -0.472 e. The Labute approximate surface area is 205 Å². The maximum Gasteiger partial charge on any atom is 0.259 e. The first-order chi connectivity index (χ1) is 16.9. The number of ether oxygens (including phenoxy) is 1. The van der Waals surface area contributed by atoms with Crippen LogP contribution in [-0.4, -0.2) is 69.7 Å². The molecule has 7 nitrogen and oxygen atoms in total. The molecule has 1 amide bonds. The molecule has 0 bridgehead atoms. The standard InChI is InChI=1S/C27H31FN4O3/c1-18-14-32(19(2)17-33)27(34)24-11-22(21-7-4-8-23(28)10-21)13-30-26(24)35-25(18)16-31(3)15-20-6-5-9-29-12-20/h4-13,18-19,25,33H,14-17H2,1-3H3/t18-,19+,25-/m0/s1. The molecule has 3 atom stereocenters. The van der Waals surface area contributed by atoms with E-state index in [0.29, 0.717) is 36.3 Å². The van der Waals surface area contributed by atoms with Crippen molar-refractivity contribution in [2.24, 2.45) is 5.92 Å². The minimum atomic E-state index is -0.373. The van der Waals surface area contributed by atoms with Crippen molar-refractivity contribution >= 4 is 5.91 Å². The van der Waals surface area contributed by atoms with Gasteiger partial charge in [0.25, 0.3) is 5.91 Å². The number of nitrogens with zero attached hydrogens (tertiary/aromatic N) is 4. The van der Waals surface area contributed by atoms with Crippen molar-refractivity contribution < 1.29 is 19.0 Å². The highest BCUT2D eigenvalue weighted by Gasteiger charge is 2.34. The van der Waals surface area contributed by atoms with Crippen LogP contribution in [0.3, 0.4) is 0 Å². The lowest BCUT2D eigenvalue weighted by Gasteiger charge is -2.37. The van der Waals surface area contributed by atoms with Crippen LogP contribution in [0.25, 0.3) is 11.1 Å². The lowest BCUT2D eigenvalue weighted by atomic mass is 9.99. The molecule has 0 fully saturated rings. The van der Waals surface area contributed by atoms with Crippen LogP contribution in [0.5, 0.6) is 5.88 Å². The van der Waals surface area contributed by atoms with Gasteiger partial charge in [0.2, 0.25) is 5.88 Å². The van der Waals surface area contributed by atoms with E-state index in [2.05, 4.69) is 14.9 Å². The van der Waals surface area contributed by atoms with E-state index in [9.17, 15) is 14.3 Å². The summed E-state index contributed by atoms with van der Waals surface area (Å²) in [5.74, 6) is -0.391. The number of pyridine rings is 2. The SMILES string of the molecule is C[C@H](CO)N1C[C@H](C)[C@H](CN(C)Cc2cccnc2)Oc2ncc(-c3cccc(F)c3)cc2C1=O. The number of likely N-dealkylation sites (N-methyl/N-ethyl adjacent to an activating group) is 1. The molecule has 1 N–H and O–H groups in total. The van der Waals surface area contributed by atoms with Crippen molar-refractivity contribution in [1.82, 2.24) is 19.8 Å². The van der Waals surface area contributed by atoms with E-state index in [-0.39, 0.29) is 42.3 Å². The fourth-order valence-electron chi connectivity index (χ4n) is 4.32. The molecule has 3 heterocycles. The first-order valence-electron chi connectivity index (χ1n) is 11.8. The summed E-state index contributed by atoms with van der Waals surface area (Å²) in [6.45, 7) is 5.44. The summed E-state index contributed by atoms with van der Waals surface area (Å²) >= 11 is 0. The molecule has 1 aromatic carbocycles. The molecule has 1 aliphatic rings. The summed E-state index contributed by atoms with van der Waals surface area (Å²) in [6.07, 6.45) is 4.94. The third-order valence-corrected chi connectivity index (χ3v) is 6.35. The Morgan fingerprint density at radius 2 is 2.06 bits per heavy atom. The van der Waals surface area contributed by atoms with Gasteiger partial charge >= 0.3 is 0 Å². The van der Waals surface area contributed by atoms with Crippen molar-refractivity contribution in [1.29, 1.82) is 0 Å². The molecular formula is C27H31FN4O3. The number of halogens is 1. The van der Waals surface area contributed by atoms with Gasteiger partial charge in [-0.1, -0.05) is 25.1 Å². The predicted octanol–water partition coefficient (Wildman–Crippen LogP) is 3.63. The zero-order chi connectivity index (χ0) is 24.9. The van der Waals surface area contributed by atoms with E-state index in [0.717, 1.165) is 5.56 Å². The third kappa shape index (κ3) is 5.83. The van der Waals surface area contributed by atoms with Gasteiger partial charge in [-0.2, -0.15) is 0 Å². The summed E-state index contributed by atoms with van der Waals surface area (Å²) in [7, 11) is 2.02. The number of aliphatic hydroxyl groups is 1.